The van der Waals surface area contributed by atoms with E-state index in [4.69, 9.17) is 27.2 Å². The van der Waals surface area contributed by atoms with Gasteiger partial charge in [-0.2, -0.15) is 4.99 Å². The zero-order valence-corrected chi connectivity index (χ0v) is 14.9. The van der Waals surface area contributed by atoms with Gasteiger partial charge in [0.15, 0.2) is 5.17 Å². The molecule has 0 bridgehead atoms. The van der Waals surface area contributed by atoms with E-state index in [0.29, 0.717) is 21.2 Å². The van der Waals surface area contributed by atoms with Crippen molar-refractivity contribution < 1.29 is 19.4 Å². The average Bonchev–Trinajstić information content (AvgIpc) is 2.91. The zero-order valence-electron chi connectivity index (χ0n) is 13.3. The van der Waals surface area contributed by atoms with Gasteiger partial charge in [0, 0.05) is 0 Å². The van der Waals surface area contributed by atoms with E-state index in [2.05, 4.69) is 4.99 Å². The van der Waals surface area contributed by atoms with Crippen LogP contribution in [0.25, 0.3) is 6.08 Å². The van der Waals surface area contributed by atoms with Crippen LogP contribution in [0.5, 0.6) is 5.75 Å². The summed E-state index contributed by atoms with van der Waals surface area (Å²) in [4.78, 5) is 26.7. The highest BCUT2D eigenvalue weighted by molar-refractivity contribution is 8.18. The number of aliphatic imine (C=N–C) groups is 1. The Morgan fingerprint density at radius 2 is 2.12 bits per heavy atom. The molecule has 2 aromatic rings. The van der Waals surface area contributed by atoms with Crippen LogP contribution in [0.3, 0.4) is 0 Å². The Labute approximate surface area is 158 Å². The normalized spacial score (nSPS) is 15.2. The molecule has 0 unspecified atom stereocenters. The van der Waals surface area contributed by atoms with Crippen LogP contribution in [-0.4, -0.2) is 22.2 Å². The van der Waals surface area contributed by atoms with Gasteiger partial charge in [0.05, 0.1) is 15.5 Å². The number of carbonyl (C=O) groups excluding carboxylic acids is 1. The zero-order chi connectivity index (χ0) is 18.7. The summed E-state index contributed by atoms with van der Waals surface area (Å²) in [6, 6.07) is 11.6. The first-order valence-electron chi connectivity index (χ1n) is 7.45. The number of hydrogen-bond acceptors (Lipinski definition) is 5. The van der Waals surface area contributed by atoms with Gasteiger partial charge in [-0.3, -0.25) is 4.79 Å². The molecule has 1 aliphatic heterocycles. The van der Waals surface area contributed by atoms with E-state index in [1.165, 1.54) is 6.07 Å². The van der Waals surface area contributed by atoms with Crippen LogP contribution < -0.4 is 10.5 Å². The SMILES string of the molecule is NC1=NC(=O)C(=Cc2ccc(OCc3cccc(C(=O)O)c3)c(Cl)c2)S1. The number of amides is 1. The van der Waals surface area contributed by atoms with Crippen LogP contribution in [0.15, 0.2) is 52.4 Å². The third-order valence-corrected chi connectivity index (χ3v) is 4.57. The lowest BCUT2D eigenvalue weighted by molar-refractivity contribution is -0.113. The molecule has 0 atom stereocenters. The first kappa shape index (κ1) is 18.0. The quantitative estimate of drug-likeness (QED) is 0.759. The second-order valence-corrected chi connectivity index (χ2v) is 6.82. The van der Waals surface area contributed by atoms with Crippen molar-refractivity contribution in [3.05, 3.63) is 69.1 Å². The van der Waals surface area contributed by atoms with Gasteiger partial charge in [0.1, 0.15) is 12.4 Å². The third-order valence-electron chi connectivity index (χ3n) is 3.46. The van der Waals surface area contributed by atoms with Gasteiger partial charge < -0.3 is 15.6 Å². The molecule has 0 saturated carbocycles. The number of ether oxygens (including phenoxy) is 1. The smallest absolute Gasteiger partial charge is 0.335 e. The summed E-state index contributed by atoms with van der Waals surface area (Å²) >= 11 is 7.34. The standard InChI is InChI=1S/C18H13ClN2O4S/c19-13-7-10(8-15-16(22)21-18(20)26-15)4-5-14(13)25-9-11-2-1-3-12(6-11)17(23)24/h1-8H,9H2,(H,23,24)(H2,20,21,22). The van der Waals surface area contributed by atoms with Crippen LogP contribution in [0.4, 0.5) is 0 Å². The number of carboxylic acids is 1. The van der Waals surface area contributed by atoms with E-state index < -0.39 is 5.97 Å². The molecule has 6 nitrogen and oxygen atoms in total. The number of rotatable bonds is 5. The Kier molecular flexibility index (Phi) is 5.29. The van der Waals surface area contributed by atoms with Gasteiger partial charge >= 0.3 is 5.97 Å². The van der Waals surface area contributed by atoms with E-state index in [1.54, 1.807) is 42.5 Å². The maximum absolute atomic E-state index is 11.6. The maximum Gasteiger partial charge on any atom is 0.335 e. The Morgan fingerprint density at radius 1 is 1.31 bits per heavy atom. The first-order valence-corrected chi connectivity index (χ1v) is 8.64. The molecule has 0 radical (unpaired) electrons. The molecule has 1 amide bonds. The van der Waals surface area contributed by atoms with Gasteiger partial charge in [-0.15, -0.1) is 0 Å². The number of hydrogen-bond donors (Lipinski definition) is 2. The van der Waals surface area contributed by atoms with Gasteiger partial charge in [-0.05, 0) is 53.2 Å². The first-order chi connectivity index (χ1) is 12.4. The van der Waals surface area contributed by atoms with E-state index in [0.717, 1.165) is 17.3 Å². The van der Waals surface area contributed by atoms with E-state index in [1.807, 2.05) is 0 Å². The summed E-state index contributed by atoms with van der Waals surface area (Å²) in [6.07, 6.45) is 1.66. The fourth-order valence-electron chi connectivity index (χ4n) is 2.26. The fraction of sp³-hybridized carbons (Fsp3) is 0.0556. The molecule has 3 N–H and O–H groups in total. The maximum atomic E-state index is 11.6. The Morgan fingerprint density at radius 3 is 2.77 bits per heavy atom. The molecule has 0 spiro atoms. The van der Waals surface area contributed by atoms with Gasteiger partial charge in [0.25, 0.3) is 5.91 Å². The summed E-state index contributed by atoms with van der Waals surface area (Å²) in [7, 11) is 0. The van der Waals surface area contributed by atoms with Crippen molar-refractivity contribution in [2.24, 2.45) is 10.7 Å². The minimum absolute atomic E-state index is 0.181. The van der Waals surface area contributed by atoms with Gasteiger partial charge in [-0.1, -0.05) is 29.8 Å². The second kappa shape index (κ2) is 7.63. The highest BCUT2D eigenvalue weighted by atomic mass is 35.5. The summed E-state index contributed by atoms with van der Waals surface area (Å²) in [5.41, 5.74) is 7.14. The number of benzene rings is 2. The molecule has 132 valence electrons. The predicted molar refractivity (Wildman–Crippen MR) is 101 cm³/mol. The molecule has 2 aromatic carbocycles. The summed E-state index contributed by atoms with van der Waals surface area (Å²) < 4.78 is 5.66. The van der Waals surface area contributed by atoms with E-state index in [9.17, 15) is 9.59 Å². The molecule has 26 heavy (non-hydrogen) atoms. The molecule has 0 aliphatic carbocycles. The lowest BCUT2D eigenvalue weighted by Gasteiger charge is -2.09. The Hall–Kier alpha value is -2.77. The lowest BCUT2D eigenvalue weighted by atomic mass is 10.1. The van der Waals surface area contributed by atoms with Crippen molar-refractivity contribution in [3.8, 4) is 5.75 Å². The molecule has 8 heteroatoms. The van der Waals surface area contributed by atoms with Crippen LogP contribution in [0, 0.1) is 0 Å². The topological polar surface area (TPSA) is 102 Å². The third kappa shape index (κ3) is 4.25. The number of carbonyl (C=O) groups is 2. The summed E-state index contributed by atoms with van der Waals surface area (Å²) in [5.74, 6) is -0.913. The highest BCUT2D eigenvalue weighted by Crippen LogP contribution is 2.30. The molecular formula is C18H13ClN2O4S. The number of nitrogens with two attached hydrogens (primary N) is 1. The van der Waals surface area contributed by atoms with Crippen molar-refractivity contribution in [1.29, 1.82) is 0 Å². The van der Waals surface area contributed by atoms with Gasteiger partial charge in [-0.25, -0.2) is 4.79 Å². The second-order valence-electron chi connectivity index (χ2n) is 5.35. The Balaban J connectivity index is 1.71. The van der Waals surface area contributed by atoms with Crippen LogP contribution in [-0.2, 0) is 11.4 Å². The summed E-state index contributed by atoms with van der Waals surface area (Å²) in [6.45, 7) is 0.181. The number of halogens is 1. The molecule has 1 heterocycles. The van der Waals surface area contributed by atoms with E-state index >= 15 is 0 Å². The average molecular weight is 389 g/mol. The Bertz CT molecular complexity index is 956. The minimum Gasteiger partial charge on any atom is -0.487 e. The van der Waals surface area contributed by atoms with Crippen molar-refractivity contribution in [3.63, 3.8) is 0 Å². The monoisotopic (exact) mass is 388 g/mol. The largest absolute Gasteiger partial charge is 0.487 e. The molecule has 0 fully saturated rings. The number of nitrogens with zero attached hydrogens (tertiary/aromatic N) is 1. The molecular weight excluding hydrogens is 376 g/mol. The molecule has 3 rings (SSSR count). The van der Waals surface area contributed by atoms with Gasteiger partial charge in [0.2, 0.25) is 0 Å². The molecule has 0 aromatic heterocycles. The molecule has 0 saturated heterocycles. The minimum atomic E-state index is -0.994. The molecule has 1 aliphatic rings. The lowest BCUT2D eigenvalue weighted by Crippen LogP contribution is -2.01. The van der Waals surface area contributed by atoms with Crippen molar-refractivity contribution >= 4 is 46.5 Å². The van der Waals surface area contributed by atoms with Crippen LogP contribution in [0.2, 0.25) is 5.02 Å². The fourth-order valence-corrected chi connectivity index (χ4v) is 3.18. The highest BCUT2D eigenvalue weighted by Gasteiger charge is 2.19. The number of thioether (sulfide) groups is 1. The predicted octanol–water partition coefficient (Wildman–Crippen LogP) is 3.55. The number of carboxylic acid groups (broad SMARTS) is 1. The van der Waals surface area contributed by atoms with Crippen molar-refractivity contribution in [2.45, 2.75) is 6.61 Å². The summed E-state index contributed by atoms with van der Waals surface area (Å²) in [5, 5.41) is 9.60. The number of amidine groups is 1. The van der Waals surface area contributed by atoms with Crippen molar-refractivity contribution in [2.75, 3.05) is 0 Å². The van der Waals surface area contributed by atoms with Crippen LogP contribution >= 0.6 is 23.4 Å². The number of aromatic carboxylic acids is 1. The van der Waals surface area contributed by atoms with E-state index in [-0.39, 0.29) is 23.2 Å². The van der Waals surface area contributed by atoms with Crippen molar-refractivity contribution in [1.82, 2.24) is 0 Å². The van der Waals surface area contributed by atoms with Crippen LogP contribution in [0.1, 0.15) is 21.5 Å².